The van der Waals surface area contributed by atoms with E-state index in [0.29, 0.717) is 0 Å². The molecule has 2 nitrogen and oxygen atoms in total. The van der Waals surface area contributed by atoms with Crippen LogP contribution in [-0.2, 0) is 0 Å². The van der Waals surface area contributed by atoms with Crippen molar-refractivity contribution in [2.45, 2.75) is 6.92 Å². The van der Waals surface area contributed by atoms with Crippen LogP contribution in [0, 0.1) is 6.92 Å². The Kier molecular flexibility index (Phi) is 3.12. The first-order valence-electron chi connectivity index (χ1n) is 5.36. The van der Waals surface area contributed by atoms with Crippen LogP contribution in [0.2, 0.25) is 0 Å². The average molecular weight is 222 g/mol. The van der Waals surface area contributed by atoms with Gasteiger partial charge in [0.15, 0.2) is 0 Å². The number of hydrogen-bond acceptors (Lipinski definition) is 3. The second-order valence-corrected chi connectivity index (χ2v) is 5.44. The molecule has 0 spiro atoms. The van der Waals surface area contributed by atoms with Crippen molar-refractivity contribution in [2.24, 2.45) is 0 Å². The Morgan fingerprint density at radius 2 is 1.93 bits per heavy atom. The fourth-order valence-electron chi connectivity index (χ4n) is 1.82. The molecule has 1 aliphatic heterocycles. The summed E-state index contributed by atoms with van der Waals surface area (Å²) in [5.41, 5.74) is 1.20. The van der Waals surface area contributed by atoms with Crippen LogP contribution >= 0.6 is 11.3 Å². The van der Waals surface area contributed by atoms with E-state index in [1.54, 1.807) is 0 Å². The molecule has 1 aromatic rings. The van der Waals surface area contributed by atoms with Gasteiger partial charge in [-0.25, -0.2) is 0 Å². The average Bonchev–Trinajstić information content (AvgIpc) is 2.65. The largest absolute Gasteiger partial charge is 0.368 e. The van der Waals surface area contributed by atoms with Gasteiger partial charge in [-0.15, -0.1) is 11.3 Å². The molecule has 0 amide bonds. The zero-order valence-corrected chi connectivity index (χ0v) is 10.3. The minimum absolute atomic E-state index is 1.10. The molecule has 2 heterocycles. The van der Waals surface area contributed by atoms with Crippen molar-refractivity contribution >= 4 is 17.0 Å². The molecular weight excluding hydrogens is 204 g/mol. The Hall–Kier alpha value is -0.800. The number of hydrogen-bond donors (Lipinski definition) is 0. The summed E-state index contributed by atoms with van der Waals surface area (Å²) < 4.78 is 0. The van der Waals surface area contributed by atoms with Crippen molar-refractivity contribution in [3.8, 4) is 0 Å². The van der Waals surface area contributed by atoms with Crippen LogP contribution in [0.25, 0.3) is 5.70 Å². The highest BCUT2D eigenvalue weighted by atomic mass is 32.1. The molecule has 0 N–H and O–H groups in total. The third-order valence-electron chi connectivity index (χ3n) is 2.91. The predicted octanol–water partition coefficient (Wildman–Crippen LogP) is 2.27. The lowest BCUT2D eigenvalue weighted by molar-refractivity contribution is 0.208. The van der Waals surface area contributed by atoms with Gasteiger partial charge < -0.3 is 9.80 Å². The molecule has 3 heteroatoms. The first-order chi connectivity index (χ1) is 7.16. The van der Waals surface area contributed by atoms with Gasteiger partial charge in [0.05, 0.1) is 4.88 Å². The Morgan fingerprint density at radius 3 is 2.47 bits per heavy atom. The van der Waals surface area contributed by atoms with Crippen molar-refractivity contribution in [1.82, 2.24) is 9.80 Å². The summed E-state index contributed by atoms with van der Waals surface area (Å²) in [6.07, 6.45) is 0. The van der Waals surface area contributed by atoms with E-state index in [1.807, 2.05) is 11.3 Å². The van der Waals surface area contributed by atoms with Crippen molar-refractivity contribution in [3.63, 3.8) is 0 Å². The minimum atomic E-state index is 1.10. The van der Waals surface area contributed by atoms with Crippen LogP contribution in [0.3, 0.4) is 0 Å². The monoisotopic (exact) mass is 222 g/mol. The maximum absolute atomic E-state index is 4.20. The first kappa shape index (κ1) is 10.7. The number of rotatable bonds is 2. The van der Waals surface area contributed by atoms with Crippen molar-refractivity contribution in [1.29, 1.82) is 0 Å². The normalized spacial score (nSPS) is 18.1. The number of nitrogens with zero attached hydrogens (tertiary/aromatic N) is 2. The highest BCUT2D eigenvalue weighted by Gasteiger charge is 2.16. The summed E-state index contributed by atoms with van der Waals surface area (Å²) in [6, 6.07) is 4.35. The minimum Gasteiger partial charge on any atom is -0.368 e. The molecule has 1 saturated heterocycles. The number of thiophene rings is 1. The smallest absolute Gasteiger partial charge is 0.0500 e. The molecular formula is C12H18N2S. The third kappa shape index (κ3) is 2.41. The highest BCUT2D eigenvalue weighted by Crippen LogP contribution is 2.25. The van der Waals surface area contributed by atoms with Crippen LogP contribution in [0.4, 0.5) is 0 Å². The van der Waals surface area contributed by atoms with Gasteiger partial charge in [-0.3, -0.25) is 0 Å². The summed E-state index contributed by atoms with van der Waals surface area (Å²) in [4.78, 5) is 7.44. The van der Waals surface area contributed by atoms with Crippen LogP contribution in [-0.4, -0.2) is 43.0 Å². The van der Waals surface area contributed by atoms with E-state index in [9.17, 15) is 0 Å². The van der Waals surface area contributed by atoms with Gasteiger partial charge in [-0.2, -0.15) is 0 Å². The number of likely N-dealkylation sites (N-methyl/N-ethyl adjacent to an activating group) is 1. The molecule has 0 bridgehead atoms. The van der Waals surface area contributed by atoms with Crippen LogP contribution < -0.4 is 0 Å². The molecule has 0 radical (unpaired) electrons. The van der Waals surface area contributed by atoms with Crippen LogP contribution in [0.15, 0.2) is 18.7 Å². The quantitative estimate of drug-likeness (QED) is 0.757. The SMILES string of the molecule is C=C(c1ccc(C)s1)N1CCN(C)CC1. The van der Waals surface area contributed by atoms with Crippen LogP contribution in [0.5, 0.6) is 0 Å². The zero-order chi connectivity index (χ0) is 10.8. The maximum atomic E-state index is 4.20. The Bertz CT molecular complexity index is 348. The molecule has 0 unspecified atom stereocenters. The van der Waals surface area contributed by atoms with E-state index in [-0.39, 0.29) is 0 Å². The van der Waals surface area contributed by atoms with Gasteiger partial charge in [0.1, 0.15) is 0 Å². The van der Waals surface area contributed by atoms with Gasteiger partial charge in [-0.1, -0.05) is 6.58 Å². The maximum Gasteiger partial charge on any atom is 0.0500 e. The van der Waals surface area contributed by atoms with Crippen LogP contribution in [0.1, 0.15) is 9.75 Å². The van der Waals surface area contributed by atoms with Gasteiger partial charge >= 0.3 is 0 Å². The van der Waals surface area contributed by atoms with E-state index in [2.05, 4.69) is 42.5 Å². The van der Waals surface area contributed by atoms with Gasteiger partial charge in [-0.05, 0) is 26.1 Å². The Labute approximate surface area is 95.8 Å². The predicted molar refractivity (Wildman–Crippen MR) is 67.2 cm³/mol. The lowest BCUT2D eigenvalue weighted by Gasteiger charge is -2.34. The summed E-state index contributed by atoms with van der Waals surface area (Å²) in [5, 5.41) is 0. The fraction of sp³-hybridized carbons (Fsp3) is 0.500. The molecule has 2 rings (SSSR count). The molecule has 1 fully saturated rings. The van der Waals surface area contributed by atoms with E-state index in [4.69, 9.17) is 0 Å². The van der Waals surface area contributed by atoms with E-state index >= 15 is 0 Å². The van der Waals surface area contributed by atoms with E-state index in [1.165, 1.54) is 15.5 Å². The van der Waals surface area contributed by atoms with Gasteiger partial charge in [0.25, 0.3) is 0 Å². The molecule has 1 aromatic heterocycles. The van der Waals surface area contributed by atoms with Crippen molar-refractivity contribution < 1.29 is 0 Å². The lowest BCUT2D eigenvalue weighted by Crippen LogP contribution is -2.43. The molecule has 0 aliphatic carbocycles. The fourth-order valence-corrected chi connectivity index (χ4v) is 2.69. The summed E-state index contributed by atoms with van der Waals surface area (Å²) in [7, 11) is 2.18. The standard InChI is InChI=1S/C12H18N2S/c1-10-4-5-12(15-10)11(2)14-8-6-13(3)7-9-14/h4-5H,2,6-9H2,1,3H3. The van der Waals surface area contributed by atoms with E-state index in [0.717, 1.165) is 26.2 Å². The number of aryl methyl sites for hydroxylation is 1. The highest BCUT2D eigenvalue weighted by molar-refractivity contribution is 7.13. The molecule has 82 valence electrons. The summed E-state index contributed by atoms with van der Waals surface area (Å²) in [6.45, 7) is 10.8. The van der Waals surface area contributed by atoms with Crippen molar-refractivity contribution in [3.05, 3.63) is 28.5 Å². The van der Waals surface area contributed by atoms with E-state index < -0.39 is 0 Å². The lowest BCUT2D eigenvalue weighted by atomic mass is 10.2. The van der Waals surface area contributed by atoms with Gasteiger partial charge in [0, 0.05) is 36.8 Å². The number of piperazine rings is 1. The first-order valence-corrected chi connectivity index (χ1v) is 6.17. The topological polar surface area (TPSA) is 6.48 Å². The molecule has 0 saturated carbocycles. The molecule has 1 aliphatic rings. The summed E-state index contributed by atoms with van der Waals surface area (Å²) >= 11 is 1.84. The Balaban J connectivity index is 2.02. The second-order valence-electron chi connectivity index (χ2n) is 4.15. The van der Waals surface area contributed by atoms with Gasteiger partial charge in [0.2, 0.25) is 0 Å². The third-order valence-corrected chi connectivity index (χ3v) is 3.96. The summed E-state index contributed by atoms with van der Waals surface area (Å²) in [5.74, 6) is 0. The molecule has 15 heavy (non-hydrogen) atoms. The van der Waals surface area contributed by atoms with Crippen molar-refractivity contribution in [2.75, 3.05) is 33.2 Å². The molecule has 0 atom stereocenters. The Morgan fingerprint density at radius 1 is 1.27 bits per heavy atom. The second kappa shape index (κ2) is 4.37. The zero-order valence-electron chi connectivity index (χ0n) is 9.49. The molecule has 0 aromatic carbocycles.